The Bertz CT molecular complexity index is 1570. The van der Waals surface area contributed by atoms with Gasteiger partial charge in [-0.2, -0.15) is 0 Å². The molecule has 0 aliphatic carbocycles. The van der Waals surface area contributed by atoms with Gasteiger partial charge >= 0.3 is 17.9 Å². The fraction of sp³-hybridized carbons (Fsp3) is 0.779. The minimum atomic E-state index is -0.790. The fourth-order valence-corrected chi connectivity index (χ4v) is 10.5. The second kappa shape index (κ2) is 71.1. The predicted octanol–water partition coefficient (Wildman–Crippen LogP) is 25.0. The normalized spacial score (nSPS) is 12.6. The number of rotatable bonds is 66. The third-order valence-electron chi connectivity index (χ3n) is 15.9. The zero-order chi connectivity index (χ0) is 59.9. The highest BCUT2D eigenvalue weighted by Crippen LogP contribution is 2.18. The van der Waals surface area contributed by atoms with Crippen molar-refractivity contribution in [2.75, 3.05) is 13.2 Å². The van der Waals surface area contributed by atoms with E-state index < -0.39 is 6.10 Å². The quantitative estimate of drug-likeness (QED) is 0.0261. The summed E-state index contributed by atoms with van der Waals surface area (Å²) in [4.78, 5) is 38.5. The van der Waals surface area contributed by atoms with Crippen molar-refractivity contribution >= 4 is 17.9 Å². The Labute approximate surface area is 515 Å². The number of hydrogen-bond acceptors (Lipinski definition) is 6. The number of carbonyl (C=O) groups is 3. The van der Waals surface area contributed by atoms with Crippen molar-refractivity contribution in [1.82, 2.24) is 0 Å². The molecule has 0 radical (unpaired) electrons. The minimum Gasteiger partial charge on any atom is -0.462 e. The Kier molecular flexibility index (Phi) is 68.2. The molecule has 480 valence electrons. The molecule has 0 aliphatic heterocycles. The lowest BCUT2D eigenvalue weighted by molar-refractivity contribution is -0.167. The van der Waals surface area contributed by atoms with Gasteiger partial charge in [0, 0.05) is 19.3 Å². The van der Waals surface area contributed by atoms with Gasteiger partial charge in [-0.05, 0) is 89.9 Å². The summed E-state index contributed by atoms with van der Waals surface area (Å²) in [5.41, 5.74) is 0. The first kappa shape index (κ1) is 79.6. The van der Waals surface area contributed by atoms with Crippen LogP contribution in [0.2, 0.25) is 0 Å². The van der Waals surface area contributed by atoms with E-state index in [0.717, 1.165) is 116 Å². The van der Waals surface area contributed by atoms with Crippen LogP contribution in [0.3, 0.4) is 0 Å². The lowest BCUT2D eigenvalue weighted by atomic mass is 10.0. The summed E-state index contributed by atoms with van der Waals surface area (Å²) >= 11 is 0. The van der Waals surface area contributed by atoms with Crippen LogP contribution in [0.4, 0.5) is 0 Å². The number of allylic oxidation sites excluding steroid dienone is 14. The first-order valence-corrected chi connectivity index (χ1v) is 36.1. The molecule has 0 bridgehead atoms. The number of hydrogen-bond donors (Lipinski definition) is 0. The van der Waals surface area contributed by atoms with Crippen molar-refractivity contribution in [3.8, 4) is 0 Å². The van der Waals surface area contributed by atoms with Gasteiger partial charge in [-0.1, -0.05) is 343 Å². The first-order valence-electron chi connectivity index (χ1n) is 36.1. The average Bonchev–Trinajstić information content (AvgIpc) is 3.49. The lowest BCUT2D eigenvalue weighted by Gasteiger charge is -2.18. The third kappa shape index (κ3) is 69.3. The number of unbranched alkanes of at least 4 members (excludes halogenated alkanes) is 41. The number of carbonyl (C=O) groups excluding carboxylic acids is 3. The molecule has 0 spiro atoms. The van der Waals surface area contributed by atoms with Crippen LogP contribution in [-0.4, -0.2) is 37.2 Å². The van der Waals surface area contributed by atoms with Crippen molar-refractivity contribution in [3.05, 3.63) is 85.1 Å². The second-order valence-electron chi connectivity index (χ2n) is 24.1. The van der Waals surface area contributed by atoms with Crippen molar-refractivity contribution in [3.63, 3.8) is 0 Å². The van der Waals surface area contributed by atoms with E-state index in [1.165, 1.54) is 212 Å². The molecule has 0 N–H and O–H groups in total. The van der Waals surface area contributed by atoms with Gasteiger partial charge in [-0.15, -0.1) is 0 Å². The first-order chi connectivity index (χ1) is 41.0. The smallest absolute Gasteiger partial charge is 0.306 e. The van der Waals surface area contributed by atoms with Gasteiger partial charge in [-0.25, -0.2) is 0 Å². The maximum Gasteiger partial charge on any atom is 0.306 e. The van der Waals surface area contributed by atoms with E-state index in [4.69, 9.17) is 14.2 Å². The summed E-state index contributed by atoms with van der Waals surface area (Å²) in [7, 11) is 0. The van der Waals surface area contributed by atoms with Gasteiger partial charge in [0.15, 0.2) is 6.10 Å². The zero-order valence-corrected chi connectivity index (χ0v) is 55.2. The van der Waals surface area contributed by atoms with E-state index in [-0.39, 0.29) is 31.1 Å². The molecule has 1 unspecified atom stereocenters. The second-order valence-corrected chi connectivity index (χ2v) is 24.1. The molecule has 83 heavy (non-hydrogen) atoms. The maximum absolute atomic E-state index is 13.0. The van der Waals surface area contributed by atoms with Crippen molar-refractivity contribution in [1.29, 1.82) is 0 Å². The predicted molar refractivity (Wildman–Crippen MR) is 362 cm³/mol. The molecule has 6 nitrogen and oxygen atoms in total. The highest BCUT2D eigenvalue weighted by atomic mass is 16.6. The van der Waals surface area contributed by atoms with E-state index in [2.05, 4.69) is 106 Å². The molecule has 0 aromatic carbocycles. The molecule has 0 aliphatic rings. The van der Waals surface area contributed by atoms with Crippen molar-refractivity contribution < 1.29 is 28.6 Å². The van der Waals surface area contributed by atoms with Crippen LogP contribution in [0.5, 0.6) is 0 Å². The Morgan fingerprint density at radius 3 is 0.771 bits per heavy atom. The Hall–Kier alpha value is -3.41. The van der Waals surface area contributed by atoms with Crippen LogP contribution >= 0.6 is 0 Å². The van der Waals surface area contributed by atoms with Crippen molar-refractivity contribution in [2.45, 2.75) is 374 Å². The van der Waals surface area contributed by atoms with E-state index >= 15 is 0 Å². The van der Waals surface area contributed by atoms with E-state index in [9.17, 15) is 14.4 Å². The monoisotopic (exact) mass is 1160 g/mol. The van der Waals surface area contributed by atoms with E-state index in [1.54, 1.807) is 0 Å². The summed E-state index contributed by atoms with van der Waals surface area (Å²) in [5, 5.41) is 0. The number of ether oxygens (including phenoxy) is 3. The highest BCUT2D eigenvalue weighted by molar-refractivity contribution is 5.71. The van der Waals surface area contributed by atoms with Gasteiger partial charge in [0.1, 0.15) is 13.2 Å². The molecular weight excluding hydrogens is 1020 g/mol. The van der Waals surface area contributed by atoms with Crippen LogP contribution < -0.4 is 0 Å². The molecule has 0 saturated heterocycles. The van der Waals surface area contributed by atoms with Gasteiger partial charge < -0.3 is 14.2 Å². The molecule has 0 amide bonds. The standard InChI is InChI=1S/C77H136O6/c1-4-7-10-13-16-19-22-25-28-30-32-34-36-37-38-39-40-42-43-45-47-49-52-55-58-61-64-67-70-76(79)82-73-74(72-81-75(78)69-66-63-60-57-54-51-27-24-21-18-15-12-9-6-3)83-77(80)71-68-65-62-59-56-53-50-48-46-44-41-35-33-31-29-26-23-20-17-14-11-8-5-2/h8,11,15,17-18,20,24,26-27,29,33,35,44,46,74H,4-7,9-10,12-14,16,19,21-23,25,28,30-32,34,36-43,45,47-73H2,1-3H3/b11-8-,18-15-,20-17-,27-24-,29-26-,35-33-,46-44-. The van der Waals surface area contributed by atoms with Crippen LogP contribution in [0.1, 0.15) is 367 Å². The molecule has 6 heteroatoms. The van der Waals surface area contributed by atoms with E-state index in [1.807, 2.05) is 0 Å². The number of esters is 3. The van der Waals surface area contributed by atoms with Gasteiger partial charge in [0.25, 0.3) is 0 Å². The fourth-order valence-electron chi connectivity index (χ4n) is 10.5. The lowest BCUT2D eigenvalue weighted by Crippen LogP contribution is -2.30. The Morgan fingerprint density at radius 1 is 0.253 bits per heavy atom. The van der Waals surface area contributed by atoms with Gasteiger partial charge in [0.2, 0.25) is 0 Å². The minimum absolute atomic E-state index is 0.0827. The highest BCUT2D eigenvalue weighted by Gasteiger charge is 2.19. The maximum atomic E-state index is 13.0. The molecule has 0 fully saturated rings. The molecule has 0 aromatic heterocycles. The summed E-state index contributed by atoms with van der Waals surface area (Å²) in [6.07, 6.45) is 94.8. The summed E-state index contributed by atoms with van der Waals surface area (Å²) in [5.74, 6) is -0.890. The SMILES string of the molecule is CC/C=C\C/C=C\C/C=C\C/C=C\C/C=C\CCCCCCCCCC(=O)OC(COC(=O)CCCCCCC/C=C\C/C=C\CCCC)COC(=O)CCCCCCCCCCCCCCCCCCCCCCCCCCCCCC. The molecule has 0 saturated carbocycles. The van der Waals surface area contributed by atoms with Gasteiger partial charge in [-0.3, -0.25) is 14.4 Å². The average molecular weight is 1160 g/mol. The topological polar surface area (TPSA) is 78.9 Å². The largest absolute Gasteiger partial charge is 0.462 e. The molecule has 0 heterocycles. The van der Waals surface area contributed by atoms with Crippen LogP contribution in [0.15, 0.2) is 85.1 Å². The Balaban J connectivity index is 4.27. The van der Waals surface area contributed by atoms with Crippen LogP contribution in [0, 0.1) is 0 Å². The molecule has 0 rings (SSSR count). The molecule has 1 atom stereocenters. The zero-order valence-electron chi connectivity index (χ0n) is 55.2. The van der Waals surface area contributed by atoms with E-state index in [0.29, 0.717) is 19.3 Å². The molecule has 0 aromatic rings. The third-order valence-corrected chi connectivity index (χ3v) is 15.9. The van der Waals surface area contributed by atoms with Crippen LogP contribution in [-0.2, 0) is 28.6 Å². The summed E-state index contributed by atoms with van der Waals surface area (Å²) in [6.45, 7) is 6.52. The van der Waals surface area contributed by atoms with Crippen LogP contribution in [0.25, 0.3) is 0 Å². The Morgan fingerprint density at radius 2 is 0.482 bits per heavy atom. The van der Waals surface area contributed by atoms with Gasteiger partial charge in [0.05, 0.1) is 0 Å². The van der Waals surface area contributed by atoms with Crippen molar-refractivity contribution in [2.24, 2.45) is 0 Å². The molecular formula is C77H136O6. The summed E-state index contributed by atoms with van der Waals surface area (Å²) < 4.78 is 17.0. The summed E-state index contributed by atoms with van der Waals surface area (Å²) in [6, 6.07) is 0.